The number of hydrogen-bond acceptors (Lipinski definition) is 3. The third-order valence-electron chi connectivity index (χ3n) is 4.66. The second kappa shape index (κ2) is 6.52. The van der Waals surface area contributed by atoms with E-state index in [-0.39, 0.29) is 12.0 Å². The van der Waals surface area contributed by atoms with Crippen molar-refractivity contribution in [2.24, 2.45) is 5.92 Å². The molecule has 0 amide bonds. The van der Waals surface area contributed by atoms with Crippen LogP contribution in [0.3, 0.4) is 0 Å². The van der Waals surface area contributed by atoms with Crippen LogP contribution in [0.25, 0.3) is 0 Å². The Hall–Kier alpha value is -2.17. The molecule has 0 saturated carbocycles. The van der Waals surface area contributed by atoms with E-state index in [2.05, 4.69) is 5.32 Å². The zero-order valence-corrected chi connectivity index (χ0v) is 13.0. The second-order valence-corrected chi connectivity index (χ2v) is 6.13. The Bertz CT molecular complexity index is 686. The first-order valence-corrected chi connectivity index (χ1v) is 7.87. The number of carboxylic acids is 1. The fourth-order valence-corrected chi connectivity index (χ4v) is 3.39. The standard InChI is InChI=1S/C19H21NO3/c1-12(13-7-3-2-4-8-13)20-17(19(22)23)16-11-14-9-5-6-10-15(14)18(16)21/h2-10,12,16-18,20-21H,11H2,1H3,(H,22,23)/t12-,16+,17-,18-/m1/s1. The first kappa shape index (κ1) is 15.7. The number of benzene rings is 2. The number of fused-ring (bicyclic) bond motifs is 1. The molecule has 4 nitrogen and oxygen atoms in total. The molecule has 0 radical (unpaired) electrons. The van der Waals surface area contributed by atoms with Crippen molar-refractivity contribution in [3.05, 3.63) is 71.3 Å². The maximum Gasteiger partial charge on any atom is 0.321 e. The summed E-state index contributed by atoms with van der Waals surface area (Å²) in [5.74, 6) is -1.29. The molecule has 1 aliphatic carbocycles. The van der Waals surface area contributed by atoms with Crippen LogP contribution >= 0.6 is 0 Å². The highest BCUT2D eigenvalue weighted by Crippen LogP contribution is 2.38. The van der Waals surface area contributed by atoms with E-state index in [1.165, 1.54) is 0 Å². The monoisotopic (exact) mass is 311 g/mol. The van der Waals surface area contributed by atoms with Crippen molar-refractivity contribution in [1.29, 1.82) is 0 Å². The van der Waals surface area contributed by atoms with Gasteiger partial charge in [-0.05, 0) is 30.0 Å². The van der Waals surface area contributed by atoms with Crippen molar-refractivity contribution in [2.45, 2.75) is 31.5 Å². The molecule has 4 heteroatoms. The van der Waals surface area contributed by atoms with E-state index in [9.17, 15) is 15.0 Å². The molecule has 0 saturated heterocycles. The molecule has 0 fully saturated rings. The summed E-state index contributed by atoms with van der Waals surface area (Å²) in [7, 11) is 0. The van der Waals surface area contributed by atoms with Crippen LogP contribution in [0.15, 0.2) is 54.6 Å². The van der Waals surface area contributed by atoms with Crippen LogP contribution < -0.4 is 5.32 Å². The van der Waals surface area contributed by atoms with Gasteiger partial charge in [-0.1, -0.05) is 54.6 Å². The molecular formula is C19H21NO3. The van der Waals surface area contributed by atoms with Gasteiger partial charge in [0.15, 0.2) is 0 Å². The molecule has 1 aliphatic rings. The summed E-state index contributed by atoms with van der Waals surface area (Å²) < 4.78 is 0. The molecule has 0 bridgehead atoms. The largest absolute Gasteiger partial charge is 0.480 e. The van der Waals surface area contributed by atoms with Gasteiger partial charge in [0.05, 0.1) is 6.10 Å². The Kier molecular flexibility index (Phi) is 4.46. The van der Waals surface area contributed by atoms with Crippen LogP contribution in [-0.4, -0.2) is 22.2 Å². The summed E-state index contributed by atoms with van der Waals surface area (Å²) in [5.41, 5.74) is 2.91. The van der Waals surface area contributed by atoms with Crippen LogP contribution in [-0.2, 0) is 11.2 Å². The minimum atomic E-state index is -0.926. The van der Waals surface area contributed by atoms with Crippen molar-refractivity contribution in [3.63, 3.8) is 0 Å². The Morgan fingerprint density at radius 1 is 1.13 bits per heavy atom. The summed E-state index contributed by atoms with van der Waals surface area (Å²) in [5, 5.41) is 23.4. The van der Waals surface area contributed by atoms with E-state index < -0.39 is 18.1 Å². The van der Waals surface area contributed by atoms with Crippen molar-refractivity contribution in [3.8, 4) is 0 Å². The molecule has 3 N–H and O–H groups in total. The Morgan fingerprint density at radius 2 is 1.78 bits per heavy atom. The first-order chi connectivity index (χ1) is 11.1. The van der Waals surface area contributed by atoms with Gasteiger partial charge in [0.1, 0.15) is 6.04 Å². The first-order valence-electron chi connectivity index (χ1n) is 7.87. The van der Waals surface area contributed by atoms with Gasteiger partial charge in [-0.25, -0.2) is 0 Å². The quantitative estimate of drug-likeness (QED) is 0.794. The third kappa shape index (κ3) is 3.14. The fourth-order valence-electron chi connectivity index (χ4n) is 3.39. The smallest absolute Gasteiger partial charge is 0.321 e. The maximum atomic E-state index is 11.8. The normalized spacial score (nSPS) is 22.3. The molecule has 0 spiro atoms. The highest BCUT2D eigenvalue weighted by atomic mass is 16.4. The minimum absolute atomic E-state index is 0.104. The predicted molar refractivity (Wildman–Crippen MR) is 88.0 cm³/mol. The lowest BCUT2D eigenvalue weighted by Gasteiger charge is -2.27. The van der Waals surface area contributed by atoms with Crippen LogP contribution in [0, 0.1) is 5.92 Å². The number of carboxylic acid groups (broad SMARTS) is 1. The van der Waals surface area contributed by atoms with Crippen LogP contribution in [0.4, 0.5) is 0 Å². The van der Waals surface area contributed by atoms with E-state index in [4.69, 9.17) is 0 Å². The average Bonchev–Trinajstić information content (AvgIpc) is 2.90. The summed E-state index contributed by atoms with van der Waals surface area (Å²) in [6.45, 7) is 1.94. The summed E-state index contributed by atoms with van der Waals surface area (Å²) >= 11 is 0. The number of nitrogens with one attached hydrogen (secondary N) is 1. The number of aliphatic hydroxyl groups is 1. The predicted octanol–water partition coefficient (Wildman–Crippen LogP) is 2.70. The lowest BCUT2D eigenvalue weighted by atomic mass is 9.93. The minimum Gasteiger partial charge on any atom is -0.480 e. The summed E-state index contributed by atoms with van der Waals surface area (Å²) in [4.78, 5) is 11.8. The molecule has 3 rings (SSSR count). The molecule has 0 aliphatic heterocycles. The van der Waals surface area contributed by atoms with E-state index >= 15 is 0 Å². The van der Waals surface area contributed by atoms with Gasteiger partial charge in [0.25, 0.3) is 0 Å². The van der Waals surface area contributed by atoms with E-state index in [1.807, 2.05) is 61.5 Å². The van der Waals surface area contributed by atoms with Gasteiger partial charge >= 0.3 is 5.97 Å². The number of carbonyl (C=O) groups is 1. The van der Waals surface area contributed by atoms with E-state index in [0.29, 0.717) is 6.42 Å². The Balaban J connectivity index is 1.80. The average molecular weight is 311 g/mol. The molecule has 23 heavy (non-hydrogen) atoms. The molecule has 0 unspecified atom stereocenters. The molecule has 0 heterocycles. The Labute approximate surface area is 135 Å². The maximum absolute atomic E-state index is 11.8. The molecule has 120 valence electrons. The highest BCUT2D eigenvalue weighted by molar-refractivity contribution is 5.74. The van der Waals surface area contributed by atoms with E-state index in [0.717, 1.165) is 16.7 Å². The lowest BCUT2D eigenvalue weighted by Crippen LogP contribution is -2.45. The summed E-state index contributed by atoms with van der Waals surface area (Å²) in [6, 6.07) is 16.5. The molecule has 2 aromatic carbocycles. The zero-order valence-electron chi connectivity index (χ0n) is 13.0. The van der Waals surface area contributed by atoms with E-state index in [1.54, 1.807) is 0 Å². The zero-order chi connectivity index (χ0) is 16.4. The van der Waals surface area contributed by atoms with Crippen molar-refractivity contribution in [2.75, 3.05) is 0 Å². The van der Waals surface area contributed by atoms with Gasteiger partial charge in [-0.2, -0.15) is 0 Å². The van der Waals surface area contributed by atoms with Crippen LogP contribution in [0.1, 0.15) is 35.8 Å². The number of rotatable bonds is 5. The van der Waals surface area contributed by atoms with Crippen molar-refractivity contribution in [1.82, 2.24) is 5.32 Å². The molecule has 0 aromatic heterocycles. The van der Waals surface area contributed by atoms with Crippen molar-refractivity contribution >= 4 is 5.97 Å². The summed E-state index contributed by atoms with van der Waals surface area (Å²) in [6.07, 6.45) is -0.175. The molecule has 2 aromatic rings. The topological polar surface area (TPSA) is 69.6 Å². The van der Waals surface area contributed by atoms with Crippen molar-refractivity contribution < 1.29 is 15.0 Å². The Morgan fingerprint density at radius 3 is 2.43 bits per heavy atom. The van der Waals surface area contributed by atoms with Crippen LogP contribution in [0.5, 0.6) is 0 Å². The van der Waals surface area contributed by atoms with Gasteiger partial charge in [0, 0.05) is 12.0 Å². The van der Waals surface area contributed by atoms with Gasteiger partial charge in [0.2, 0.25) is 0 Å². The third-order valence-corrected chi connectivity index (χ3v) is 4.66. The number of hydrogen-bond donors (Lipinski definition) is 3. The highest BCUT2D eigenvalue weighted by Gasteiger charge is 2.40. The second-order valence-electron chi connectivity index (χ2n) is 6.13. The van der Waals surface area contributed by atoms with Gasteiger partial charge in [-0.3, -0.25) is 10.1 Å². The van der Waals surface area contributed by atoms with Crippen LogP contribution in [0.2, 0.25) is 0 Å². The van der Waals surface area contributed by atoms with Gasteiger partial charge < -0.3 is 10.2 Å². The molecule has 4 atom stereocenters. The fraction of sp³-hybridized carbons (Fsp3) is 0.316. The lowest BCUT2D eigenvalue weighted by molar-refractivity contribution is -0.142. The SMILES string of the molecule is C[C@@H](N[C@@H](C(=O)O)[C@@H]1Cc2ccccc2[C@H]1O)c1ccccc1. The number of aliphatic carboxylic acids is 1. The number of aliphatic hydroxyl groups excluding tert-OH is 1. The molecular weight excluding hydrogens is 290 g/mol. The van der Waals surface area contributed by atoms with Gasteiger partial charge in [-0.15, -0.1) is 0 Å².